The summed E-state index contributed by atoms with van der Waals surface area (Å²) in [6.07, 6.45) is 0.641. The predicted octanol–water partition coefficient (Wildman–Crippen LogP) is 2.04. The summed E-state index contributed by atoms with van der Waals surface area (Å²) in [7, 11) is 1.45. The van der Waals surface area contributed by atoms with E-state index < -0.39 is 5.97 Å². The van der Waals surface area contributed by atoms with Crippen molar-refractivity contribution in [3.8, 4) is 11.5 Å². The van der Waals surface area contributed by atoms with E-state index in [1.807, 2.05) is 22.6 Å². The molecule has 0 N–H and O–H groups in total. The van der Waals surface area contributed by atoms with Crippen LogP contribution in [0.2, 0.25) is 0 Å². The summed E-state index contributed by atoms with van der Waals surface area (Å²) in [4.78, 5) is 21.7. The Balaban J connectivity index is 3.33. The Labute approximate surface area is 101 Å². The molecule has 0 aliphatic carbocycles. The minimum absolute atomic E-state index is 0.173. The Morgan fingerprint density at radius 3 is 2.60 bits per heavy atom. The molecule has 0 amide bonds. The first-order valence-electron chi connectivity index (χ1n) is 4.10. The molecule has 0 fully saturated rings. The van der Waals surface area contributed by atoms with Gasteiger partial charge in [-0.2, -0.15) is 0 Å². The van der Waals surface area contributed by atoms with Gasteiger partial charge >= 0.3 is 5.97 Å². The highest BCUT2D eigenvalue weighted by molar-refractivity contribution is 14.1. The van der Waals surface area contributed by atoms with Crippen LogP contribution in [0.3, 0.4) is 0 Å². The normalized spacial score (nSPS) is 9.53. The molecule has 5 heteroatoms. The highest BCUT2D eigenvalue weighted by atomic mass is 127. The second-order valence-corrected chi connectivity index (χ2v) is 3.87. The van der Waals surface area contributed by atoms with Crippen LogP contribution in [0.4, 0.5) is 0 Å². The van der Waals surface area contributed by atoms with Crippen molar-refractivity contribution in [2.75, 3.05) is 7.11 Å². The zero-order chi connectivity index (χ0) is 11.4. The van der Waals surface area contributed by atoms with Gasteiger partial charge in [0.2, 0.25) is 0 Å². The molecule has 1 rings (SSSR count). The van der Waals surface area contributed by atoms with E-state index in [4.69, 9.17) is 9.47 Å². The molecule has 0 spiro atoms. The number of aldehydes is 1. The van der Waals surface area contributed by atoms with Crippen LogP contribution in [-0.4, -0.2) is 19.4 Å². The lowest BCUT2D eigenvalue weighted by Crippen LogP contribution is -2.06. The van der Waals surface area contributed by atoms with Gasteiger partial charge in [-0.3, -0.25) is 9.59 Å². The van der Waals surface area contributed by atoms with Gasteiger partial charge in [0.25, 0.3) is 0 Å². The zero-order valence-corrected chi connectivity index (χ0v) is 10.4. The molecule has 0 atom stereocenters. The summed E-state index contributed by atoms with van der Waals surface area (Å²) in [6.45, 7) is 1.27. The molecule has 0 unspecified atom stereocenters. The van der Waals surface area contributed by atoms with E-state index in [0.717, 1.165) is 0 Å². The number of methoxy groups -OCH3 is 1. The first-order valence-corrected chi connectivity index (χ1v) is 5.18. The molecule has 0 saturated heterocycles. The smallest absolute Gasteiger partial charge is 0.308 e. The predicted molar refractivity (Wildman–Crippen MR) is 62.4 cm³/mol. The number of benzene rings is 1. The van der Waals surface area contributed by atoms with Crippen LogP contribution in [-0.2, 0) is 4.79 Å². The molecule has 1 aromatic rings. The maximum Gasteiger partial charge on any atom is 0.308 e. The van der Waals surface area contributed by atoms with Crippen molar-refractivity contribution < 1.29 is 19.1 Å². The van der Waals surface area contributed by atoms with E-state index in [0.29, 0.717) is 21.2 Å². The van der Waals surface area contributed by atoms with Crippen LogP contribution in [0.1, 0.15) is 17.3 Å². The van der Waals surface area contributed by atoms with Gasteiger partial charge in [-0.05, 0) is 34.7 Å². The van der Waals surface area contributed by atoms with Gasteiger partial charge in [-0.1, -0.05) is 0 Å². The Kier molecular flexibility index (Phi) is 4.07. The SMILES string of the molecule is COc1ccc(I)c(C=O)c1OC(C)=O. The Bertz CT molecular complexity index is 401. The fourth-order valence-corrected chi connectivity index (χ4v) is 1.63. The molecule has 0 radical (unpaired) electrons. The highest BCUT2D eigenvalue weighted by Crippen LogP contribution is 2.33. The Morgan fingerprint density at radius 2 is 2.13 bits per heavy atom. The summed E-state index contributed by atoms with van der Waals surface area (Å²) in [5.41, 5.74) is 0.324. The van der Waals surface area contributed by atoms with Gasteiger partial charge in [0.05, 0.1) is 12.7 Å². The maximum atomic E-state index is 10.9. The number of carbonyl (C=O) groups is 2. The van der Waals surface area contributed by atoms with E-state index in [2.05, 4.69) is 0 Å². The monoisotopic (exact) mass is 320 g/mol. The lowest BCUT2D eigenvalue weighted by Gasteiger charge is -2.10. The lowest BCUT2D eigenvalue weighted by atomic mass is 10.2. The third-order valence-corrected chi connectivity index (χ3v) is 2.63. The van der Waals surface area contributed by atoms with Crippen LogP contribution in [0.25, 0.3) is 0 Å². The topological polar surface area (TPSA) is 52.6 Å². The Hall–Kier alpha value is -1.11. The van der Waals surface area contributed by atoms with E-state index in [1.165, 1.54) is 14.0 Å². The van der Waals surface area contributed by atoms with E-state index in [-0.39, 0.29) is 5.75 Å². The number of carbonyl (C=O) groups excluding carboxylic acids is 2. The molecule has 0 aliphatic rings. The summed E-state index contributed by atoms with van der Waals surface area (Å²) in [5.74, 6) is 0.0537. The minimum Gasteiger partial charge on any atom is -0.493 e. The van der Waals surface area contributed by atoms with Crippen LogP contribution in [0, 0.1) is 3.57 Å². The summed E-state index contributed by atoms with van der Waals surface area (Å²) >= 11 is 1.99. The lowest BCUT2D eigenvalue weighted by molar-refractivity contribution is -0.132. The van der Waals surface area contributed by atoms with E-state index in [9.17, 15) is 9.59 Å². The largest absolute Gasteiger partial charge is 0.493 e. The van der Waals surface area contributed by atoms with Gasteiger partial charge < -0.3 is 9.47 Å². The molecular formula is C10H9IO4. The molecule has 0 saturated carbocycles. The van der Waals surface area contributed by atoms with Crippen molar-refractivity contribution in [2.45, 2.75) is 6.92 Å². The third kappa shape index (κ3) is 2.68. The number of ether oxygens (including phenoxy) is 2. The maximum absolute atomic E-state index is 10.9. The third-order valence-electron chi connectivity index (χ3n) is 1.69. The number of esters is 1. The highest BCUT2D eigenvalue weighted by Gasteiger charge is 2.15. The minimum atomic E-state index is -0.488. The molecule has 15 heavy (non-hydrogen) atoms. The van der Waals surface area contributed by atoms with Crippen molar-refractivity contribution in [1.82, 2.24) is 0 Å². The van der Waals surface area contributed by atoms with Crippen molar-refractivity contribution >= 4 is 34.8 Å². The molecule has 4 nitrogen and oxygen atoms in total. The van der Waals surface area contributed by atoms with Gasteiger partial charge in [0, 0.05) is 10.5 Å². The molecular weight excluding hydrogens is 311 g/mol. The van der Waals surface area contributed by atoms with Crippen molar-refractivity contribution in [1.29, 1.82) is 0 Å². The van der Waals surface area contributed by atoms with Gasteiger partial charge in [0.15, 0.2) is 17.8 Å². The number of halogens is 1. The average molecular weight is 320 g/mol. The van der Waals surface area contributed by atoms with Crippen LogP contribution >= 0.6 is 22.6 Å². The molecule has 0 heterocycles. The standard InChI is InChI=1S/C10H9IO4/c1-6(13)15-10-7(5-12)8(11)3-4-9(10)14-2/h3-5H,1-2H3. The van der Waals surface area contributed by atoms with Gasteiger partial charge in [-0.25, -0.2) is 0 Å². The second-order valence-electron chi connectivity index (χ2n) is 2.70. The molecule has 0 aliphatic heterocycles. The van der Waals surface area contributed by atoms with Crippen LogP contribution in [0.5, 0.6) is 11.5 Å². The van der Waals surface area contributed by atoms with E-state index in [1.54, 1.807) is 12.1 Å². The van der Waals surface area contributed by atoms with Crippen molar-refractivity contribution in [3.05, 3.63) is 21.3 Å². The molecule has 80 valence electrons. The average Bonchev–Trinajstić information content (AvgIpc) is 2.18. The molecule has 0 aromatic heterocycles. The fourth-order valence-electron chi connectivity index (χ4n) is 1.08. The molecule has 1 aromatic carbocycles. The van der Waals surface area contributed by atoms with Crippen LogP contribution < -0.4 is 9.47 Å². The zero-order valence-electron chi connectivity index (χ0n) is 8.24. The second kappa shape index (κ2) is 5.11. The number of hydrogen-bond acceptors (Lipinski definition) is 4. The first-order chi connectivity index (χ1) is 7.10. The Morgan fingerprint density at radius 1 is 1.47 bits per heavy atom. The van der Waals surface area contributed by atoms with Crippen molar-refractivity contribution in [3.63, 3.8) is 0 Å². The quantitative estimate of drug-likeness (QED) is 0.370. The van der Waals surface area contributed by atoms with Crippen molar-refractivity contribution in [2.24, 2.45) is 0 Å². The number of hydrogen-bond donors (Lipinski definition) is 0. The number of rotatable bonds is 3. The van der Waals surface area contributed by atoms with E-state index >= 15 is 0 Å². The molecule has 0 bridgehead atoms. The van der Waals surface area contributed by atoms with Gasteiger partial charge in [0.1, 0.15) is 0 Å². The first kappa shape index (κ1) is 12.0. The summed E-state index contributed by atoms with van der Waals surface area (Å²) in [5, 5.41) is 0. The summed E-state index contributed by atoms with van der Waals surface area (Å²) < 4.78 is 10.7. The summed E-state index contributed by atoms with van der Waals surface area (Å²) in [6, 6.07) is 3.36. The van der Waals surface area contributed by atoms with Gasteiger partial charge in [-0.15, -0.1) is 0 Å². The fraction of sp³-hybridized carbons (Fsp3) is 0.200. The van der Waals surface area contributed by atoms with Crippen LogP contribution in [0.15, 0.2) is 12.1 Å².